The zero-order chi connectivity index (χ0) is 22.8. The third-order valence-electron chi connectivity index (χ3n) is 4.88. The van der Waals surface area contributed by atoms with Crippen molar-refractivity contribution in [1.82, 2.24) is 0 Å². The number of carbonyl (C=O) groups is 2. The van der Waals surface area contributed by atoms with Crippen molar-refractivity contribution in [2.45, 2.75) is 0 Å². The number of carbonyl (C=O) groups excluding carboxylic acids is 2. The first kappa shape index (κ1) is 20.7. The van der Waals surface area contributed by atoms with Gasteiger partial charge in [0.25, 0.3) is 17.5 Å². The molecule has 0 bridgehead atoms. The fourth-order valence-electron chi connectivity index (χ4n) is 3.33. The van der Waals surface area contributed by atoms with E-state index < -0.39 is 22.6 Å². The second kappa shape index (κ2) is 8.31. The number of non-ortho nitro benzene ring substituents is 1. The van der Waals surface area contributed by atoms with E-state index in [-0.39, 0.29) is 22.6 Å². The summed E-state index contributed by atoms with van der Waals surface area (Å²) in [4.78, 5) is 37.8. The molecule has 0 aliphatic carbocycles. The van der Waals surface area contributed by atoms with Crippen LogP contribution in [0.1, 0.15) is 5.56 Å². The van der Waals surface area contributed by atoms with Crippen LogP contribution in [-0.2, 0) is 9.59 Å². The third-order valence-corrected chi connectivity index (χ3v) is 4.88. The second-order valence-corrected chi connectivity index (χ2v) is 6.83. The summed E-state index contributed by atoms with van der Waals surface area (Å²) in [5, 5.41) is 13.9. The summed E-state index contributed by atoms with van der Waals surface area (Å²) in [6.07, 6.45) is 0. The summed E-state index contributed by atoms with van der Waals surface area (Å²) in [6, 6.07) is 17.1. The third kappa shape index (κ3) is 3.79. The van der Waals surface area contributed by atoms with E-state index in [0.29, 0.717) is 17.0 Å². The minimum atomic E-state index is -0.676. The number of amides is 2. The molecule has 32 heavy (non-hydrogen) atoms. The molecule has 0 fully saturated rings. The number of rotatable bonds is 6. The van der Waals surface area contributed by atoms with Crippen LogP contribution in [0.25, 0.3) is 5.57 Å². The number of anilines is 2. The van der Waals surface area contributed by atoms with Gasteiger partial charge in [-0.15, -0.1) is 0 Å². The summed E-state index contributed by atoms with van der Waals surface area (Å²) in [6.45, 7) is 0. The first-order valence-corrected chi connectivity index (χ1v) is 9.43. The predicted molar refractivity (Wildman–Crippen MR) is 116 cm³/mol. The number of benzene rings is 3. The van der Waals surface area contributed by atoms with Crippen molar-refractivity contribution in [1.29, 1.82) is 0 Å². The number of ether oxygens (including phenoxy) is 1. The molecule has 0 saturated heterocycles. The Hall–Kier alpha value is -4.53. The lowest BCUT2D eigenvalue weighted by atomic mass is 10.0. The van der Waals surface area contributed by atoms with Crippen LogP contribution in [-0.4, -0.2) is 23.8 Å². The van der Waals surface area contributed by atoms with Crippen LogP contribution >= 0.6 is 0 Å². The Labute approximate surface area is 181 Å². The zero-order valence-electron chi connectivity index (χ0n) is 16.7. The van der Waals surface area contributed by atoms with Crippen LogP contribution in [0.4, 0.5) is 21.5 Å². The monoisotopic (exact) mass is 433 g/mol. The average molecular weight is 433 g/mol. The minimum Gasteiger partial charge on any atom is -0.497 e. The number of nitrogens with zero attached hydrogens (tertiary/aromatic N) is 2. The predicted octanol–water partition coefficient (Wildman–Crippen LogP) is 4.14. The number of methoxy groups -OCH3 is 1. The largest absolute Gasteiger partial charge is 0.497 e. The van der Waals surface area contributed by atoms with Gasteiger partial charge in [0.1, 0.15) is 17.3 Å². The first-order valence-electron chi connectivity index (χ1n) is 9.43. The van der Waals surface area contributed by atoms with Gasteiger partial charge in [-0.3, -0.25) is 19.7 Å². The smallest absolute Gasteiger partial charge is 0.282 e. The topological polar surface area (TPSA) is 102 Å². The highest BCUT2D eigenvalue weighted by Gasteiger charge is 2.40. The van der Waals surface area contributed by atoms with Gasteiger partial charge in [-0.2, -0.15) is 0 Å². The van der Waals surface area contributed by atoms with Crippen LogP contribution in [0.5, 0.6) is 5.75 Å². The highest BCUT2D eigenvalue weighted by molar-refractivity contribution is 6.46. The zero-order valence-corrected chi connectivity index (χ0v) is 16.7. The molecule has 160 valence electrons. The minimum absolute atomic E-state index is 0.0185. The summed E-state index contributed by atoms with van der Waals surface area (Å²) >= 11 is 0. The quantitative estimate of drug-likeness (QED) is 0.356. The fraction of sp³-hybridized carbons (Fsp3) is 0.0435. The van der Waals surface area contributed by atoms with E-state index in [0.717, 1.165) is 11.0 Å². The Morgan fingerprint density at radius 3 is 2.25 bits per heavy atom. The van der Waals surface area contributed by atoms with Crippen molar-refractivity contribution in [3.8, 4) is 5.75 Å². The lowest BCUT2D eigenvalue weighted by Gasteiger charge is -2.15. The normalized spacial score (nSPS) is 13.5. The van der Waals surface area contributed by atoms with Crippen molar-refractivity contribution in [3.63, 3.8) is 0 Å². The number of imide groups is 1. The van der Waals surface area contributed by atoms with Gasteiger partial charge in [-0.25, -0.2) is 9.29 Å². The molecule has 2 amide bonds. The van der Waals surface area contributed by atoms with Gasteiger partial charge in [-0.1, -0.05) is 6.07 Å². The number of nitro groups is 1. The van der Waals surface area contributed by atoms with Crippen molar-refractivity contribution in [3.05, 3.63) is 100.0 Å². The number of nitro benzene ring substituents is 1. The highest BCUT2D eigenvalue weighted by Crippen LogP contribution is 2.34. The SMILES string of the molecule is COc1ccc(NC2=C(c3ccc([N+](=O)[O-])cc3)C(=O)N(c3cccc(F)c3)C2=O)cc1. The van der Waals surface area contributed by atoms with Crippen molar-refractivity contribution in [2.24, 2.45) is 0 Å². The molecule has 1 aliphatic heterocycles. The van der Waals surface area contributed by atoms with Gasteiger partial charge in [0.05, 0.1) is 23.3 Å². The lowest BCUT2D eigenvalue weighted by molar-refractivity contribution is -0.384. The molecular weight excluding hydrogens is 417 g/mol. The fourth-order valence-corrected chi connectivity index (χ4v) is 3.33. The number of hydrogen-bond acceptors (Lipinski definition) is 6. The molecule has 0 saturated carbocycles. The molecule has 1 heterocycles. The number of hydrogen-bond donors (Lipinski definition) is 1. The maximum atomic E-state index is 13.8. The van der Waals surface area contributed by atoms with E-state index in [4.69, 9.17) is 4.74 Å². The average Bonchev–Trinajstić information content (AvgIpc) is 3.03. The molecule has 1 aliphatic rings. The Balaban J connectivity index is 1.80. The highest BCUT2D eigenvalue weighted by atomic mass is 19.1. The van der Waals surface area contributed by atoms with E-state index >= 15 is 0 Å². The summed E-state index contributed by atoms with van der Waals surface area (Å²) in [5.41, 5.74) is 0.735. The lowest BCUT2D eigenvalue weighted by Crippen LogP contribution is -2.32. The molecule has 3 aromatic carbocycles. The van der Waals surface area contributed by atoms with Crippen LogP contribution < -0.4 is 15.0 Å². The summed E-state index contributed by atoms with van der Waals surface area (Å²) in [7, 11) is 1.52. The molecule has 3 aromatic rings. The van der Waals surface area contributed by atoms with E-state index in [1.165, 1.54) is 49.6 Å². The van der Waals surface area contributed by atoms with E-state index in [1.807, 2.05) is 0 Å². The maximum Gasteiger partial charge on any atom is 0.282 e. The molecule has 8 nitrogen and oxygen atoms in total. The standard InChI is InChI=1S/C23H16FN3O5/c1-32-19-11-7-16(8-12-19)25-21-20(14-5-9-17(10-6-14)27(30)31)22(28)26(23(21)29)18-4-2-3-15(24)13-18/h2-13,25H,1H3. The molecule has 1 N–H and O–H groups in total. The van der Waals surface area contributed by atoms with Gasteiger partial charge in [0, 0.05) is 17.8 Å². The Kier molecular flexibility index (Phi) is 5.38. The Morgan fingerprint density at radius 1 is 0.969 bits per heavy atom. The molecule has 4 rings (SSSR count). The number of halogens is 1. The van der Waals surface area contributed by atoms with Gasteiger partial charge in [0.2, 0.25) is 0 Å². The van der Waals surface area contributed by atoms with Crippen LogP contribution in [0.2, 0.25) is 0 Å². The van der Waals surface area contributed by atoms with Crippen LogP contribution in [0.15, 0.2) is 78.5 Å². The molecule has 0 unspecified atom stereocenters. The first-order chi connectivity index (χ1) is 15.4. The molecule has 0 radical (unpaired) electrons. The van der Waals surface area contributed by atoms with Crippen LogP contribution in [0, 0.1) is 15.9 Å². The Morgan fingerprint density at radius 2 is 1.66 bits per heavy atom. The molecular formula is C23H16FN3O5. The van der Waals surface area contributed by atoms with Gasteiger partial charge < -0.3 is 10.1 Å². The van der Waals surface area contributed by atoms with Crippen molar-refractivity contribution >= 4 is 34.4 Å². The molecule has 9 heteroatoms. The van der Waals surface area contributed by atoms with Gasteiger partial charge >= 0.3 is 0 Å². The van der Waals surface area contributed by atoms with Crippen LogP contribution in [0.3, 0.4) is 0 Å². The Bertz CT molecular complexity index is 1250. The van der Waals surface area contributed by atoms with Crippen molar-refractivity contribution in [2.75, 3.05) is 17.3 Å². The number of nitrogens with one attached hydrogen (secondary N) is 1. The molecule has 0 atom stereocenters. The second-order valence-electron chi connectivity index (χ2n) is 6.83. The van der Waals surface area contributed by atoms with Gasteiger partial charge in [-0.05, 0) is 60.2 Å². The van der Waals surface area contributed by atoms with Crippen molar-refractivity contribution < 1.29 is 23.6 Å². The van der Waals surface area contributed by atoms with E-state index in [2.05, 4.69) is 5.32 Å². The van der Waals surface area contributed by atoms with E-state index in [9.17, 15) is 24.1 Å². The summed E-state index contributed by atoms with van der Waals surface area (Å²) < 4.78 is 18.9. The van der Waals surface area contributed by atoms with Gasteiger partial charge in [0.15, 0.2) is 0 Å². The summed E-state index contributed by atoms with van der Waals surface area (Å²) in [5.74, 6) is -1.35. The molecule has 0 spiro atoms. The maximum absolute atomic E-state index is 13.8. The molecule has 0 aromatic heterocycles. The van der Waals surface area contributed by atoms with E-state index in [1.54, 1.807) is 24.3 Å².